The van der Waals surface area contributed by atoms with Gasteiger partial charge in [-0.15, -0.1) is 0 Å². The van der Waals surface area contributed by atoms with Gasteiger partial charge in [-0.3, -0.25) is 9.89 Å². The molecule has 2 N–H and O–H groups in total. The topological polar surface area (TPSA) is 57.8 Å². The van der Waals surface area contributed by atoms with Crippen LogP contribution in [0, 0.1) is 5.82 Å². The first-order chi connectivity index (χ1) is 10.4. The van der Waals surface area contributed by atoms with E-state index in [-0.39, 0.29) is 17.0 Å². The summed E-state index contributed by atoms with van der Waals surface area (Å²) in [5, 5.41) is 8.27. The Bertz CT molecular complexity index is 641. The zero-order chi connectivity index (χ0) is 16.3. The van der Waals surface area contributed by atoms with E-state index >= 15 is 0 Å². The molecule has 0 fully saturated rings. The number of rotatable bonds is 5. The molecule has 1 aromatic heterocycles. The molecule has 1 heterocycles. The molecule has 7 heteroatoms. The maximum Gasteiger partial charge on any atom is 0.262 e. The molecule has 0 spiro atoms. The fraction of sp³-hybridized carbons (Fsp3) is 0.333. The second kappa shape index (κ2) is 6.64. The van der Waals surface area contributed by atoms with Crippen LogP contribution in [0.25, 0.3) is 0 Å². The van der Waals surface area contributed by atoms with Gasteiger partial charge in [0.15, 0.2) is 0 Å². The fourth-order valence-corrected chi connectivity index (χ4v) is 2.22. The van der Waals surface area contributed by atoms with Crippen molar-refractivity contribution in [3.8, 4) is 0 Å². The fourth-order valence-electron chi connectivity index (χ4n) is 2.22. The molecule has 0 bridgehead atoms. The average molecular weight is 311 g/mol. The van der Waals surface area contributed by atoms with Crippen LogP contribution in [-0.2, 0) is 0 Å². The van der Waals surface area contributed by atoms with Crippen molar-refractivity contribution in [2.45, 2.75) is 32.2 Å². The number of benzene rings is 1. The molecule has 2 aromatic rings. The van der Waals surface area contributed by atoms with Crippen molar-refractivity contribution in [2.75, 3.05) is 0 Å². The van der Waals surface area contributed by atoms with Crippen LogP contribution in [0.1, 0.15) is 47.3 Å². The lowest BCUT2D eigenvalue weighted by Gasteiger charge is -2.22. The normalized spacial score (nSPS) is 12.7. The number of carbonyl (C=O) groups is 1. The van der Waals surface area contributed by atoms with Crippen molar-refractivity contribution < 1.29 is 18.0 Å². The van der Waals surface area contributed by atoms with Gasteiger partial charge in [0.25, 0.3) is 12.3 Å². The molecule has 118 valence electrons. The molecule has 0 aliphatic rings. The van der Waals surface area contributed by atoms with E-state index in [0.29, 0.717) is 5.56 Å². The van der Waals surface area contributed by atoms with Gasteiger partial charge in [-0.25, -0.2) is 13.2 Å². The monoisotopic (exact) mass is 311 g/mol. The SMILES string of the molecule is CC(C)c1ccc(F)cc1C(NC(=O)c1cn[nH]c1)C(F)F. The number of nitrogens with one attached hydrogen (secondary N) is 2. The zero-order valence-electron chi connectivity index (χ0n) is 12.1. The Balaban J connectivity index is 2.36. The van der Waals surface area contributed by atoms with E-state index in [1.807, 2.05) is 13.8 Å². The first-order valence-electron chi connectivity index (χ1n) is 6.77. The van der Waals surface area contributed by atoms with E-state index in [4.69, 9.17) is 0 Å². The molecule has 1 unspecified atom stereocenters. The van der Waals surface area contributed by atoms with E-state index in [1.54, 1.807) is 0 Å². The van der Waals surface area contributed by atoms with Crippen molar-refractivity contribution >= 4 is 5.91 Å². The molecular weight excluding hydrogens is 295 g/mol. The quantitative estimate of drug-likeness (QED) is 0.889. The van der Waals surface area contributed by atoms with E-state index in [9.17, 15) is 18.0 Å². The minimum absolute atomic E-state index is 0.0809. The molecular formula is C15H16F3N3O. The van der Waals surface area contributed by atoms with E-state index in [1.165, 1.54) is 24.5 Å². The predicted octanol–water partition coefficient (Wildman–Crippen LogP) is 3.41. The molecule has 1 atom stereocenters. The van der Waals surface area contributed by atoms with Crippen molar-refractivity contribution in [3.05, 3.63) is 53.1 Å². The number of hydrogen-bond donors (Lipinski definition) is 2. The summed E-state index contributed by atoms with van der Waals surface area (Å²) in [7, 11) is 0. The molecule has 22 heavy (non-hydrogen) atoms. The lowest BCUT2D eigenvalue weighted by atomic mass is 9.92. The summed E-state index contributed by atoms with van der Waals surface area (Å²) in [6.45, 7) is 3.63. The summed E-state index contributed by atoms with van der Waals surface area (Å²) in [6, 6.07) is 2.14. The van der Waals surface area contributed by atoms with Gasteiger partial charge in [-0.05, 0) is 29.2 Å². The minimum Gasteiger partial charge on any atom is -0.339 e. The smallest absolute Gasteiger partial charge is 0.262 e. The largest absolute Gasteiger partial charge is 0.339 e. The second-order valence-electron chi connectivity index (χ2n) is 5.20. The number of halogens is 3. The number of carbonyl (C=O) groups excluding carboxylic acids is 1. The van der Waals surface area contributed by atoms with Crippen molar-refractivity contribution in [1.29, 1.82) is 0 Å². The summed E-state index contributed by atoms with van der Waals surface area (Å²) in [6.07, 6.45) is -0.338. The number of nitrogens with zero attached hydrogens (tertiary/aromatic N) is 1. The van der Waals surface area contributed by atoms with Crippen LogP contribution in [0.2, 0.25) is 0 Å². The molecule has 0 saturated heterocycles. The number of amides is 1. The maximum atomic E-state index is 13.5. The Morgan fingerprint density at radius 2 is 2.00 bits per heavy atom. The van der Waals surface area contributed by atoms with Gasteiger partial charge in [0.1, 0.15) is 11.9 Å². The van der Waals surface area contributed by atoms with Gasteiger partial charge in [0.05, 0.1) is 11.8 Å². The molecule has 0 aliphatic heterocycles. The lowest BCUT2D eigenvalue weighted by molar-refractivity contribution is 0.0741. The third-order valence-corrected chi connectivity index (χ3v) is 3.30. The van der Waals surface area contributed by atoms with Gasteiger partial charge in [-0.2, -0.15) is 5.10 Å². The Morgan fingerprint density at radius 3 is 2.55 bits per heavy atom. The summed E-state index contributed by atoms with van der Waals surface area (Å²) in [4.78, 5) is 12.0. The number of H-pyrrole nitrogens is 1. The number of aromatic nitrogens is 2. The highest BCUT2D eigenvalue weighted by molar-refractivity contribution is 5.93. The summed E-state index contributed by atoms with van der Waals surface area (Å²) >= 11 is 0. The molecule has 0 aliphatic carbocycles. The van der Waals surface area contributed by atoms with E-state index < -0.39 is 24.2 Å². The van der Waals surface area contributed by atoms with Gasteiger partial charge < -0.3 is 5.32 Å². The maximum absolute atomic E-state index is 13.5. The van der Waals surface area contributed by atoms with Crippen molar-refractivity contribution in [1.82, 2.24) is 15.5 Å². The first-order valence-corrected chi connectivity index (χ1v) is 6.77. The summed E-state index contributed by atoms with van der Waals surface area (Å²) in [5.41, 5.74) is 0.786. The van der Waals surface area contributed by atoms with Crippen LogP contribution >= 0.6 is 0 Å². The third kappa shape index (κ3) is 3.47. The van der Waals surface area contributed by atoms with Crippen LogP contribution in [0.4, 0.5) is 13.2 Å². The molecule has 0 radical (unpaired) electrons. The number of alkyl halides is 2. The lowest BCUT2D eigenvalue weighted by Crippen LogP contribution is -2.33. The zero-order valence-corrected chi connectivity index (χ0v) is 12.1. The summed E-state index contributed by atoms with van der Waals surface area (Å²) < 4.78 is 40.3. The Labute approximate surface area is 125 Å². The highest BCUT2D eigenvalue weighted by atomic mass is 19.3. The van der Waals surface area contributed by atoms with E-state index in [2.05, 4.69) is 15.5 Å². The third-order valence-electron chi connectivity index (χ3n) is 3.30. The second-order valence-corrected chi connectivity index (χ2v) is 5.20. The van der Waals surface area contributed by atoms with Crippen LogP contribution in [0.5, 0.6) is 0 Å². The van der Waals surface area contributed by atoms with E-state index in [0.717, 1.165) is 6.07 Å². The van der Waals surface area contributed by atoms with Crippen LogP contribution in [0.3, 0.4) is 0 Å². The Hall–Kier alpha value is -2.31. The number of hydrogen-bond acceptors (Lipinski definition) is 2. The number of aromatic amines is 1. The van der Waals surface area contributed by atoms with Gasteiger partial charge >= 0.3 is 0 Å². The molecule has 2 rings (SSSR count). The standard InChI is InChI=1S/C15H16F3N3O/c1-8(2)11-4-3-10(16)5-12(11)13(14(17)18)21-15(22)9-6-19-20-7-9/h3-8,13-14H,1-2H3,(H,19,20)(H,21,22). The van der Waals surface area contributed by atoms with Crippen LogP contribution < -0.4 is 5.32 Å². The highest BCUT2D eigenvalue weighted by Gasteiger charge is 2.28. The van der Waals surface area contributed by atoms with Gasteiger partial charge in [0.2, 0.25) is 0 Å². The van der Waals surface area contributed by atoms with Crippen molar-refractivity contribution in [3.63, 3.8) is 0 Å². The van der Waals surface area contributed by atoms with Gasteiger partial charge in [-0.1, -0.05) is 19.9 Å². The molecule has 1 aromatic carbocycles. The van der Waals surface area contributed by atoms with Crippen LogP contribution in [0.15, 0.2) is 30.6 Å². The Morgan fingerprint density at radius 1 is 1.27 bits per heavy atom. The summed E-state index contributed by atoms with van der Waals surface area (Å²) in [5.74, 6) is -1.40. The Kier molecular flexibility index (Phi) is 4.85. The molecule has 4 nitrogen and oxygen atoms in total. The first kappa shape index (κ1) is 16.1. The van der Waals surface area contributed by atoms with Crippen molar-refractivity contribution in [2.24, 2.45) is 0 Å². The molecule has 1 amide bonds. The average Bonchev–Trinajstić information content (AvgIpc) is 2.97. The molecule has 0 saturated carbocycles. The van der Waals surface area contributed by atoms with Gasteiger partial charge in [0, 0.05) is 6.20 Å². The predicted molar refractivity (Wildman–Crippen MR) is 75.3 cm³/mol. The minimum atomic E-state index is -2.87. The van der Waals surface area contributed by atoms with Crippen LogP contribution in [-0.4, -0.2) is 22.5 Å². The highest BCUT2D eigenvalue weighted by Crippen LogP contribution is 2.30.